The number of nitrogens with one attached hydrogen (secondary N) is 2. The predicted molar refractivity (Wildman–Crippen MR) is 148 cm³/mol. The van der Waals surface area contributed by atoms with Crippen molar-refractivity contribution in [2.24, 2.45) is 0 Å². The summed E-state index contributed by atoms with van der Waals surface area (Å²) in [7, 11) is 1.61. The second-order valence-electron chi connectivity index (χ2n) is 8.63. The number of methoxy groups -OCH3 is 1. The van der Waals surface area contributed by atoms with Gasteiger partial charge < -0.3 is 15.0 Å². The van der Waals surface area contributed by atoms with E-state index in [1.165, 1.54) is 11.8 Å². The van der Waals surface area contributed by atoms with Gasteiger partial charge >= 0.3 is 0 Å². The molecule has 37 heavy (non-hydrogen) atoms. The summed E-state index contributed by atoms with van der Waals surface area (Å²) in [6, 6.07) is 25.0. The molecule has 2 N–H and O–H groups in total. The molecule has 0 bridgehead atoms. The van der Waals surface area contributed by atoms with Gasteiger partial charge in [-0.1, -0.05) is 71.9 Å². The number of benzene rings is 3. The Morgan fingerprint density at radius 2 is 1.84 bits per heavy atom. The van der Waals surface area contributed by atoms with E-state index in [1.54, 1.807) is 11.7 Å². The van der Waals surface area contributed by atoms with Gasteiger partial charge in [-0.15, -0.1) is 0 Å². The fourth-order valence-electron chi connectivity index (χ4n) is 4.08. The van der Waals surface area contributed by atoms with Crippen molar-refractivity contribution < 1.29 is 9.53 Å². The Morgan fingerprint density at radius 1 is 1.05 bits per heavy atom. The summed E-state index contributed by atoms with van der Waals surface area (Å²) in [6.07, 6.45) is 1.81. The van der Waals surface area contributed by atoms with Crippen molar-refractivity contribution in [1.29, 1.82) is 0 Å². The number of H-pyrrole nitrogens is 1. The van der Waals surface area contributed by atoms with Crippen LogP contribution in [0.3, 0.4) is 0 Å². The third-order valence-corrected chi connectivity index (χ3v) is 6.95. The molecular weight excluding hydrogens is 484 g/mol. The van der Waals surface area contributed by atoms with Crippen LogP contribution in [0.25, 0.3) is 22.2 Å². The number of carbonyl (C=O) groups is 1. The number of ether oxygens (including phenoxy) is 1. The minimum Gasteiger partial charge on any atom is -0.497 e. The zero-order chi connectivity index (χ0) is 25.8. The van der Waals surface area contributed by atoms with Crippen molar-refractivity contribution in [3.63, 3.8) is 0 Å². The fourth-order valence-corrected chi connectivity index (χ4v) is 4.87. The SMILES string of the molecule is COc1cccc(Cn2c(SCC(=O)Nc3ccc(C)cc3)nc3c(-c4ccccc4)c[nH]c3c2=O)c1. The van der Waals surface area contributed by atoms with E-state index in [0.717, 1.165) is 27.9 Å². The lowest BCUT2D eigenvalue weighted by molar-refractivity contribution is -0.113. The minimum absolute atomic E-state index is 0.106. The number of aromatic amines is 1. The van der Waals surface area contributed by atoms with Gasteiger partial charge in [0.2, 0.25) is 5.91 Å². The number of rotatable bonds is 8. The molecule has 5 aromatic rings. The number of nitrogens with zero attached hydrogens (tertiary/aromatic N) is 2. The van der Waals surface area contributed by atoms with E-state index in [1.807, 2.05) is 92.0 Å². The first kappa shape index (κ1) is 24.4. The van der Waals surface area contributed by atoms with Crippen molar-refractivity contribution in [3.8, 4) is 16.9 Å². The molecule has 0 radical (unpaired) electrons. The summed E-state index contributed by atoms with van der Waals surface area (Å²) in [4.78, 5) is 34.4. The molecule has 0 aliphatic heterocycles. The van der Waals surface area contributed by atoms with E-state index in [4.69, 9.17) is 9.72 Å². The van der Waals surface area contributed by atoms with Crippen molar-refractivity contribution in [2.45, 2.75) is 18.6 Å². The Balaban J connectivity index is 1.51. The van der Waals surface area contributed by atoms with E-state index in [2.05, 4.69) is 10.3 Å². The molecule has 186 valence electrons. The number of fused-ring (bicyclic) bond motifs is 1. The highest BCUT2D eigenvalue weighted by atomic mass is 32.2. The molecule has 7 nitrogen and oxygen atoms in total. The van der Waals surface area contributed by atoms with Gasteiger partial charge in [0.25, 0.3) is 5.56 Å². The van der Waals surface area contributed by atoms with E-state index >= 15 is 0 Å². The van der Waals surface area contributed by atoms with Gasteiger partial charge in [-0.05, 0) is 42.3 Å². The lowest BCUT2D eigenvalue weighted by atomic mass is 10.1. The van der Waals surface area contributed by atoms with Crippen LogP contribution in [-0.2, 0) is 11.3 Å². The number of amides is 1. The lowest BCUT2D eigenvalue weighted by Crippen LogP contribution is -2.25. The molecule has 8 heteroatoms. The number of carbonyl (C=O) groups excluding carboxylic acids is 1. The molecule has 0 aliphatic carbocycles. The summed E-state index contributed by atoms with van der Waals surface area (Å²) in [5.41, 5.74) is 5.35. The number of hydrogen-bond acceptors (Lipinski definition) is 5. The molecule has 2 heterocycles. The zero-order valence-corrected chi connectivity index (χ0v) is 21.3. The molecule has 0 saturated heterocycles. The van der Waals surface area contributed by atoms with Gasteiger partial charge in [0.1, 0.15) is 16.8 Å². The van der Waals surface area contributed by atoms with Gasteiger partial charge in [-0.3, -0.25) is 14.2 Å². The summed E-state index contributed by atoms with van der Waals surface area (Å²) in [5, 5.41) is 3.38. The van der Waals surface area contributed by atoms with Gasteiger partial charge in [0.05, 0.1) is 19.4 Å². The van der Waals surface area contributed by atoms with Gasteiger partial charge in [0, 0.05) is 17.4 Å². The van der Waals surface area contributed by atoms with E-state index in [9.17, 15) is 9.59 Å². The zero-order valence-electron chi connectivity index (χ0n) is 20.5. The maximum atomic E-state index is 13.7. The van der Waals surface area contributed by atoms with Gasteiger partial charge in [-0.2, -0.15) is 0 Å². The van der Waals surface area contributed by atoms with Crippen LogP contribution in [0.5, 0.6) is 5.75 Å². The number of aromatic nitrogens is 3. The third-order valence-electron chi connectivity index (χ3n) is 5.98. The smallest absolute Gasteiger partial charge is 0.278 e. The second kappa shape index (κ2) is 10.8. The lowest BCUT2D eigenvalue weighted by Gasteiger charge is -2.13. The van der Waals surface area contributed by atoms with Gasteiger partial charge in [-0.25, -0.2) is 4.98 Å². The minimum atomic E-state index is -0.198. The van der Waals surface area contributed by atoms with Crippen molar-refractivity contribution in [1.82, 2.24) is 14.5 Å². The first-order valence-electron chi connectivity index (χ1n) is 11.8. The molecule has 1 amide bonds. The fraction of sp³-hybridized carbons (Fsp3) is 0.138. The number of thioether (sulfide) groups is 1. The molecule has 0 aliphatic rings. The van der Waals surface area contributed by atoms with Gasteiger partial charge in [0.15, 0.2) is 5.16 Å². The maximum absolute atomic E-state index is 13.7. The van der Waals surface area contributed by atoms with Crippen molar-refractivity contribution >= 4 is 34.4 Å². The standard InChI is InChI=1S/C29H26N4O3S/c1-19-11-13-22(14-12-19)31-25(34)18-37-29-32-26-24(21-8-4-3-5-9-21)16-30-27(26)28(35)33(29)17-20-7-6-10-23(15-20)36-2/h3-16,30H,17-18H2,1-2H3,(H,31,34). The summed E-state index contributed by atoms with van der Waals surface area (Å²) in [5.74, 6) is 0.639. The van der Waals surface area contributed by atoms with E-state index in [0.29, 0.717) is 28.5 Å². The quantitative estimate of drug-likeness (QED) is 0.213. The van der Waals surface area contributed by atoms with Crippen molar-refractivity contribution in [2.75, 3.05) is 18.2 Å². The molecular formula is C29H26N4O3S. The number of anilines is 1. The highest BCUT2D eigenvalue weighted by molar-refractivity contribution is 7.99. The molecule has 0 fully saturated rings. The normalized spacial score (nSPS) is 11.0. The van der Waals surface area contributed by atoms with Crippen LogP contribution in [0, 0.1) is 6.92 Å². The molecule has 0 unspecified atom stereocenters. The first-order valence-corrected chi connectivity index (χ1v) is 12.8. The van der Waals surface area contributed by atoms with Crippen LogP contribution in [-0.4, -0.2) is 33.3 Å². The Labute approximate surface area is 218 Å². The van der Waals surface area contributed by atoms with E-state index < -0.39 is 0 Å². The highest BCUT2D eigenvalue weighted by Crippen LogP contribution is 2.28. The Morgan fingerprint density at radius 3 is 2.59 bits per heavy atom. The molecule has 5 rings (SSSR count). The van der Waals surface area contributed by atoms with E-state index in [-0.39, 0.29) is 17.2 Å². The highest BCUT2D eigenvalue weighted by Gasteiger charge is 2.18. The average Bonchev–Trinajstić information content (AvgIpc) is 3.35. The third kappa shape index (κ3) is 5.44. The summed E-state index contributed by atoms with van der Waals surface area (Å²) >= 11 is 1.24. The van der Waals surface area contributed by atoms with Crippen LogP contribution in [0.4, 0.5) is 5.69 Å². The van der Waals surface area contributed by atoms with Crippen LogP contribution >= 0.6 is 11.8 Å². The Kier molecular flexibility index (Phi) is 7.09. The van der Waals surface area contributed by atoms with Crippen LogP contribution in [0.15, 0.2) is 95.0 Å². The Hall–Kier alpha value is -4.30. The van der Waals surface area contributed by atoms with Crippen LogP contribution in [0.2, 0.25) is 0 Å². The summed E-state index contributed by atoms with van der Waals surface area (Å²) < 4.78 is 6.95. The number of aryl methyl sites for hydroxylation is 1. The monoisotopic (exact) mass is 510 g/mol. The predicted octanol–water partition coefficient (Wildman–Crippen LogP) is 5.49. The molecule has 0 atom stereocenters. The molecule has 0 spiro atoms. The van der Waals surface area contributed by atoms with Crippen LogP contribution < -0.4 is 15.6 Å². The number of hydrogen-bond donors (Lipinski definition) is 2. The largest absolute Gasteiger partial charge is 0.497 e. The topological polar surface area (TPSA) is 89.0 Å². The molecule has 2 aromatic heterocycles. The first-order chi connectivity index (χ1) is 18.0. The van der Waals surface area contributed by atoms with Crippen LogP contribution in [0.1, 0.15) is 11.1 Å². The maximum Gasteiger partial charge on any atom is 0.278 e. The summed E-state index contributed by atoms with van der Waals surface area (Å²) in [6.45, 7) is 2.29. The molecule has 0 saturated carbocycles. The average molecular weight is 511 g/mol. The Bertz CT molecular complexity index is 1610. The molecule has 3 aromatic carbocycles. The second-order valence-corrected chi connectivity index (χ2v) is 9.57. The van der Waals surface area contributed by atoms with Crippen molar-refractivity contribution in [3.05, 3.63) is 107 Å².